The van der Waals surface area contributed by atoms with Gasteiger partial charge >= 0.3 is 0 Å². The summed E-state index contributed by atoms with van der Waals surface area (Å²) in [5, 5.41) is 7.29. The van der Waals surface area contributed by atoms with Crippen LogP contribution in [0.25, 0.3) is 99.2 Å². The van der Waals surface area contributed by atoms with Gasteiger partial charge in [-0.05, 0) is 112 Å². The number of benzene rings is 10. The van der Waals surface area contributed by atoms with Gasteiger partial charge in [-0.25, -0.2) is 0 Å². The van der Waals surface area contributed by atoms with E-state index in [9.17, 15) is 0 Å². The maximum atomic E-state index is 6.32. The molecule has 0 spiro atoms. The molecule has 13 rings (SSSR count). The lowest BCUT2D eigenvalue weighted by molar-refractivity contribution is 0.669. The molecule has 2 heterocycles. The average Bonchev–Trinajstić information content (AvgIpc) is 3.95. The minimum Gasteiger partial charge on any atom is -0.456 e. The van der Waals surface area contributed by atoms with Crippen molar-refractivity contribution in [2.45, 2.75) is 12.8 Å². The first kappa shape index (κ1) is 38.8. The number of hydrogen-bond acceptors (Lipinski definition) is 2. The summed E-state index contributed by atoms with van der Waals surface area (Å²) < 4.78 is 8.83. The highest BCUT2D eigenvalue weighted by molar-refractivity contribution is 6.13. The SMILES string of the molecule is C1=CC(c2ccc(N(c3ccc(-c4cccc5oc6ccccc6c45)cc3)c3cc(-c4cccc5ccccc45)ccc3-c3ccccc3)cc2)=C(n2c3ccccc3c3ccccc32)CC1. The monoisotopic (exact) mass is 856 g/mol. The van der Waals surface area contributed by atoms with Crippen molar-refractivity contribution >= 4 is 82.8 Å². The number of anilines is 3. The third-order valence-electron chi connectivity index (χ3n) is 13.7. The molecule has 2 aromatic heterocycles. The zero-order valence-electron chi connectivity index (χ0n) is 36.8. The molecule has 0 bridgehead atoms. The number of allylic oxidation sites excluding steroid dienone is 4. The zero-order chi connectivity index (χ0) is 44.3. The molecular formula is C64H44N2O. The summed E-state index contributed by atoms with van der Waals surface area (Å²) in [5.41, 5.74) is 18.3. The van der Waals surface area contributed by atoms with Crippen molar-refractivity contribution in [3.8, 4) is 33.4 Å². The van der Waals surface area contributed by atoms with E-state index in [1.54, 1.807) is 0 Å². The molecule has 0 atom stereocenters. The highest BCUT2D eigenvalue weighted by Gasteiger charge is 2.22. The van der Waals surface area contributed by atoms with Crippen LogP contribution in [0.15, 0.2) is 247 Å². The second kappa shape index (κ2) is 16.1. The Morgan fingerprint density at radius 1 is 0.403 bits per heavy atom. The molecule has 0 radical (unpaired) electrons. The molecule has 10 aromatic carbocycles. The maximum Gasteiger partial charge on any atom is 0.136 e. The number of furan rings is 1. The molecule has 0 N–H and O–H groups in total. The minimum atomic E-state index is 0.895. The third-order valence-corrected chi connectivity index (χ3v) is 13.7. The molecule has 0 aliphatic heterocycles. The molecule has 0 saturated heterocycles. The second-order valence-electron chi connectivity index (χ2n) is 17.5. The lowest BCUT2D eigenvalue weighted by Crippen LogP contribution is -2.12. The Kier molecular flexibility index (Phi) is 9.31. The maximum absolute atomic E-state index is 6.32. The summed E-state index contributed by atoms with van der Waals surface area (Å²) in [6, 6.07) is 83.7. The Balaban J connectivity index is 0.999. The molecule has 67 heavy (non-hydrogen) atoms. The Hall–Kier alpha value is -8.66. The van der Waals surface area contributed by atoms with Crippen LogP contribution in [-0.4, -0.2) is 4.57 Å². The van der Waals surface area contributed by atoms with Crippen molar-refractivity contribution in [3.05, 3.63) is 248 Å². The van der Waals surface area contributed by atoms with Crippen LogP contribution in [-0.2, 0) is 0 Å². The standard InChI is InChI=1S/C64H44N2O/c1-2-16-44(17-3-1)53-41-36-47(51-25-14-19-43-18-4-5-20-50(43)51)42-61(53)65(49-39-34-46(35-40-49)54-26-15-31-63-64(54)57-24-9-13-30-62(57)67-63)48-37-32-45(33-38-48)52-21-6-10-27-58(52)66-59-28-11-7-22-55(59)56-23-8-12-29-60(56)66/h1-9,11-26,28-42H,10,27H2. The summed E-state index contributed by atoms with van der Waals surface area (Å²) in [6.45, 7) is 0. The largest absolute Gasteiger partial charge is 0.456 e. The molecular weight excluding hydrogens is 813 g/mol. The van der Waals surface area contributed by atoms with Crippen molar-refractivity contribution in [2.75, 3.05) is 4.90 Å². The molecule has 0 amide bonds. The van der Waals surface area contributed by atoms with Crippen LogP contribution in [0.4, 0.5) is 17.1 Å². The lowest BCUT2D eigenvalue weighted by Gasteiger charge is -2.29. The minimum absolute atomic E-state index is 0.895. The Labute approximate surface area is 389 Å². The molecule has 1 aliphatic rings. The first-order chi connectivity index (χ1) is 33.2. The van der Waals surface area contributed by atoms with Gasteiger partial charge in [0.15, 0.2) is 0 Å². The fraction of sp³-hybridized carbons (Fsp3) is 0.0312. The number of para-hydroxylation sites is 3. The summed E-state index contributed by atoms with van der Waals surface area (Å²) in [7, 11) is 0. The van der Waals surface area contributed by atoms with Crippen molar-refractivity contribution < 1.29 is 4.42 Å². The lowest BCUT2D eigenvalue weighted by atomic mass is 9.93. The van der Waals surface area contributed by atoms with Gasteiger partial charge in [-0.2, -0.15) is 0 Å². The van der Waals surface area contributed by atoms with Gasteiger partial charge in [0, 0.05) is 49.8 Å². The van der Waals surface area contributed by atoms with E-state index in [2.05, 4.69) is 240 Å². The number of hydrogen-bond donors (Lipinski definition) is 0. The van der Waals surface area contributed by atoms with Gasteiger partial charge in [-0.1, -0.05) is 188 Å². The van der Waals surface area contributed by atoms with Gasteiger partial charge < -0.3 is 13.9 Å². The van der Waals surface area contributed by atoms with E-state index in [1.165, 1.54) is 55.0 Å². The van der Waals surface area contributed by atoms with Gasteiger partial charge in [0.2, 0.25) is 0 Å². The summed E-state index contributed by atoms with van der Waals surface area (Å²) >= 11 is 0. The average molecular weight is 857 g/mol. The van der Waals surface area contributed by atoms with Crippen molar-refractivity contribution in [2.24, 2.45) is 0 Å². The summed E-state index contributed by atoms with van der Waals surface area (Å²) in [5.74, 6) is 0. The fourth-order valence-corrected chi connectivity index (χ4v) is 10.6. The number of nitrogens with zero attached hydrogens (tertiary/aromatic N) is 2. The molecule has 0 saturated carbocycles. The van der Waals surface area contributed by atoms with Crippen molar-refractivity contribution in [3.63, 3.8) is 0 Å². The van der Waals surface area contributed by atoms with Crippen LogP contribution >= 0.6 is 0 Å². The van der Waals surface area contributed by atoms with Crippen molar-refractivity contribution in [1.82, 2.24) is 4.57 Å². The van der Waals surface area contributed by atoms with E-state index in [-0.39, 0.29) is 0 Å². The number of aromatic nitrogens is 1. The Bertz CT molecular complexity index is 3850. The highest BCUT2D eigenvalue weighted by atomic mass is 16.3. The summed E-state index contributed by atoms with van der Waals surface area (Å²) in [4.78, 5) is 2.44. The van der Waals surface area contributed by atoms with Crippen LogP contribution in [0.5, 0.6) is 0 Å². The van der Waals surface area contributed by atoms with Crippen molar-refractivity contribution in [1.29, 1.82) is 0 Å². The van der Waals surface area contributed by atoms with Gasteiger partial charge in [-0.3, -0.25) is 0 Å². The predicted molar refractivity (Wildman–Crippen MR) is 283 cm³/mol. The first-order valence-electron chi connectivity index (χ1n) is 23.2. The third kappa shape index (κ3) is 6.58. The first-order valence-corrected chi connectivity index (χ1v) is 23.2. The normalized spacial score (nSPS) is 12.8. The van der Waals surface area contributed by atoms with E-state index in [1.807, 2.05) is 12.1 Å². The smallest absolute Gasteiger partial charge is 0.136 e. The zero-order valence-corrected chi connectivity index (χ0v) is 36.8. The second-order valence-corrected chi connectivity index (χ2v) is 17.5. The molecule has 3 nitrogen and oxygen atoms in total. The van der Waals surface area contributed by atoms with Crippen LogP contribution in [0, 0.1) is 0 Å². The molecule has 0 unspecified atom stereocenters. The quantitative estimate of drug-likeness (QED) is 0.152. The highest BCUT2D eigenvalue weighted by Crippen LogP contribution is 2.46. The molecule has 0 fully saturated rings. The van der Waals surface area contributed by atoms with Crippen LogP contribution in [0.2, 0.25) is 0 Å². The predicted octanol–water partition coefficient (Wildman–Crippen LogP) is 18.0. The summed E-state index contributed by atoms with van der Waals surface area (Å²) in [6.07, 6.45) is 6.62. The number of fused-ring (bicyclic) bond motifs is 7. The van der Waals surface area contributed by atoms with Crippen LogP contribution in [0.1, 0.15) is 18.4 Å². The van der Waals surface area contributed by atoms with E-state index in [0.717, 1.165) is 79.7 Å². The molecule has 3 heteroatoms. The topological polar surface area (TPSA) is 21.3 Å². The van der Waals surface area contributed by atoms with Gasteiger partial charge in [-0.15, -0.1) is 0 Å². The van der Waals surface area contributed by atoms with E-state index in [4.69, 9.17) is 4.42 Å². The molecule has 12 aromatic rings. The van der Waals surface area contributed by atoms with E-state index in [0.29, 0.717) is 0 Å². The van der Waals surface area contributed by atoms with Crippen LogP contribution in [0.3, 0.4) is 0 Å². The van der Waals surface area contributed by atoms with Crippen LogP contribution < -0.4 is 4.90 Å². The van der Waals surface area contributed by atoms with Gasteiger partial charge in [0.1, 0.15) is 11.2 Å². The molecule has 316 valence electrons. The van der Waals surface area contributed by atoms with Gasteiger partial charge in [0.05, 0.1) is 16.7 Å². The van der Waals surface area contributed by atoms with Gasteiger partial charge in [0.25, 0.3) is 0 Å². The molecule has 1 aliphatic carbocycles. The van der Waals surface area contributed by atoms with E-state index < -0.39 is 0 Å². The Morgan fingerprint density at radius 3 is 1.73 bits per heavy atom. The fourth-order valence-electron chi connectivity index (χ4n) is 10.6. The Morgan fingerprint density at radius 2 is 0.970 bits per heavy atom. The van der Waals surface area contributed by atoms with E-state index >= 15 is 0 Å². The number of rotatable bonds is 8.